The number of halogens is 1. The molecule has 0 aliphatic rings. The van der Waals surface area contributed by atoms with E-state index in [1.165, 1.54) is 5.56 Å². The van der Waals surface area contributed by atoms with Gasteiger partial charge in [-0.25, -0.2) is 0 Å². The maximum atomic E-state index is 12.4. The fourth-order valence-electron chi connectivity index (χ4n) is 2.44. The number of nitrogens with two attached hydrogens (primary N) is 1. The second-order valence-corrected chi connectivity index (χ2v) is 6.69. The van der Waals surface area contributed by atoms with Crippen molar-refractivity contribution in [1.29, 1.82) is 0 Å². The average Bonchev–Trinajstić information content (AvgIpc) is 2.50. The Morgan fingerprint density at radius 1 is 1.13 bits per heavy atom. The number of rotatable bonds is 5. The first-order valence-electron chi connectivity index (χ1n) is 7.81. The summed E-state index contributed by atoms with van der Waals surface area (Å²) in [5.74, 6) is 0.320. The van der Waals surface area contributed by atoms with E-state index < -0.39 is 0 Å². The van der Waals surface area contributed by atoms with Crippen molar-refractivity contribution in [2.24, 2.45) is 5.92 Å². The normalized spacial score (nSPS) is 12.2. The first-order chi connectivity index (χ1) is 10.9. The molecule has 4 heteroatoms. The highest BCUT2D eigenvalue weighted by atomic mass is 35.5. The maximum Gasteiger partial charge on any atom is 0.231 e. The minimum absolute atomic E-state index is 0.0664. The Morgan fingerprint density at radius 2 is 1.78 bits per heavy atom. The van der Waals surface area contributed by atoms with Gasteiger partial charge in [0, 0.05) is 5.69 Å². The lowest BCUT2D eigenvalue weighted by atomic mass is 9.96. The summed E-state index contributed by atoms with van der Waals surface area (Å²) in [5, 5.41) is 3.36. The molecule has 0 saturated heterocycles. The van der Waals surface area contributed by atoms with Crippen LogP contribution < -0.4 is 11.1 Å². The van der Waals surface area contributed by atoms with Crippen LogP contribution in [0, 0.1) is 5.92 Å². The molecule has 0 aliphatic heterocycles. The summed E-state index contributed by atoms with van der Waals surface area (Å²) in [4.78, 5) is 12.4. The molecule has 0 spiro atoms. The number of carbonyl (C=O) groups excluding carboxylic acids is 1. The Hall–Kier alpha value is -2.00. The van der Waals surface area contributed by atoms with Crippen LogP contribution in [0.25, 0.3) is 0 Å². The van der Waals surface area contributed by atoms with Crippen molar-refractivity contribution in [3.63, 3.8) is 0 Å². The topological polar surface area (TPSA) is 55.1 Å². The lowest BCUT2D eigenvalue weighted by Gasteiger charge is -2.14. The highest BCUT2D eigenvalue weighted by Crippen LogP contribution is 2.24. The van der Waals surface area contributed by atoms with Crippen LogP contribution in [0.4, 0.5) is 11.4 Å². The minimum atomic E-state index is -0.236. The van der Waals surface area contributed by atoms with Crippen LogP contribution in [-0.2, 0) is 11.2 Å². The van der Waals surface area contributed by atoms with Crippen molar-refractivity contribution in [2.75, 3.05) is 11.1 Å². The lowest BCUT2D eigenvalue weighted by Crippen LogP contribution is -2.19. The van der Waals surface area contributed by atoms with E-state index in [0.29, 0.717) is 22.3 Å². The molecular formula is C19H23ClN2O. The predicted octanol–water partition coefficient (Wildman–Crippen LogP) is 4.86. The van der Waals surface area contributed by atoms with Crippen molar-refractivity contribution in [3.8, 4) is 0 Å². The van der Waals surface area contributed by atoms with E-state index in [1.807, 2.05) is 19.1 Å². The molecule has 23 heavy (non-hydrogen) atoms. The van der Waals surface area contributed by atoms with Gasteiger partial charge < -0.3 is 11.1 Å². The van der Waals surface area contributed by atoms with Crippen LogP contribution in [-0.4, -0.2) is 5.91 Å². The molecule has 0 aliphatic carbocycles. The Labute approximate surface area is 142 Å². The summed E-state index contributed by atoms with van der Waals surface area (Å²) in [6.07, 6.45) is 1.05. The molecule has 2 aromatic carbocycles. The molecular weight excluding hydrogens is 308 g/mol. The molecule has 2 aromatic rings. The molecule has 1 amide bonds. The number of carbonyl (C=O) groups is 1. The quantitative estimate of drug-likeness (QED) is 0.769. The lowest BCUT2D eigenvalue weighted by molar-refractivity contribution is -0.117. The summed E-state index contributed by atoms with van der Waals surface area (Å²) >= 11 is 5.89. The second-order valence-electron chi connectivity index (χ2n) is 6.29. The van der Waals surface area contributed by atoms with Crippen LogP contribution in [0.5, 0.6) is 0 Å². The van der Waals surface area contributed by atoms with Crippen molar-refractivity contribution in [3.05, 3.63) is 58.6 Å². The van der Waals surface area contributed by atoms with E-state index in [0.717, 1.165) is 12.0 Å². The van der Waals surface area contributed by atoms with Gasteiger partial charge in [-0.1, -0.05) is 49.7 Å². The molecule has 1 atom stereocenters. The van der Waals surface area contributed by atoms with E-state index in [1.54, 1.807) is 18.2 Å². The molecule has 0 radical (unpaired) electrons. The summed E-state index contributed by atoms with van der Waals surface area (Å²) in [6, 6.07) is 13.3. The van der Waals surface area contributed by atoms with Gasteiger partial charge in [0.1, 0.15) is 0 Å². The zero-order valence-electron chi connectivity index (χ0n) is 13.8. The zero-order valence-corrected chi connectivity index (χ0v) is 14.5. The van der Waals surface area contributed by atoms with Crippen LogP contribution in [0.3, 0.4) is 0 Å². The molecule has 3 N–H and O–H groups in total. The Bertz CT molecular complexity index is 680. The fourth-order valence-corrected chi connectivity index (χ4v) is 2.55. The fraction of sp³-hybridized carbons (Fsp3) is 0.316. The van der Waals surface area contributed by atoms with Crippen LogP contribution in [0.2, 0.25) is 5.02 Å². The van der Waals surface area contributed by atoms with Crippen molar-refractivity contribution < 1.29 is 4.79 Å². The third-order valence-electron chi connectivity index (χ3n) is 3.78. The van der Waals surface area contributed by atoms with Gasteiger partial charge in [-0.2, -0.15) is 0 Å². The molecule has 3 nitrogen and oxygen atoms in total. The van der Waals surface area contributed by atoms with Gasteiger partial charge >= 0.3 is 0 Å². The Morgan fingerprint density at radius 3 is 2.35 bits per heavy atom. The molecule has 0 aromatic heterocycles. The molecule has 0 fully saturated rings. The number of amides is 1. The van der Waals surface area contributed by atoms with Gasteiger partial charge in [-0.15, -0.1) is 0 Å². The van der Waals surface area contributed by atoms with E-state index in [2.05, 4.69) is 31.3 Å². The van der Waals surface area contributed by atoms with Gasteiger partial charge in [-0.3, -0.25) is 4.79 Å². The van der Waals surface area contributed by atoms with Crippen molar-refractivity contribution >= 4 is 28.9 Å². The molecule has 0 bridgehead atoms. The number of nitrogens with one attached hydrogen (secondary N) is 1. The number of hydrogen-bond donors (Lipinski definition) is 2. The van der Waals surface area contributed by atoms with Gasteiger partial charge in [0.15, 0.2) is 0 Å². The van der Waals surface area contributed by atoms with Crippen LogP contribution in [0.15, 0.2) is 42.5 Å². The van der Waals surface area contributed by atoms with Gasteiger partial charge in [0.25, 0.3) is 0 Å². The molecule has 0 heterocycles. The molecule has 0 saturated carbocycles. The van der Waals surface area contributed by atoms with E-state index >= 15 is 0 Å². The van der Waals surface area contributed by atoms with E-state index in [4.69, 9.17) is 17.3 Å². The number of hydrogen-bond acceptors (Lipinski definition) is 2. The maximum absolute atomic E-state index is 12.4. The molecule has 1 unspecified atom stereocenters. The van der Waals surface area contributed by atoms with Gasteiger partial charge in [0.2, 0.25) is 5.91 Å². The van der Waals surface area contributed by atoms with Gasteiger partial charge in [-0.05, 0) is 48.6 Å². The Kier molecular flexibility index (Phi) is 5.67. The van der Waals surface area contributed by atoms with Crippen molar-refractivity contribution in [2.45, 2.75) is 33.1 Å². The Balaban J connectivity index is 2.05. The first kappa shape index (κ1) is 17.4. The number of anilines is 2. The predicted molar refractivity (Wildman–Crippen MR) is 97.9 cm³/mol. The monoisotopic (exact) mass is 330 g/mol. The zero-order chi connectivity index (χ0) is 17.0. The van der Waals surface area contributed by atoms with Crippen LogP contribution >= 0.6 is 11.6 Å². The third kappa shape index (κ3) is 4.73. The summed E-state index contributed by atoms with van der Waals surface area (Å²) in [5.41, 5.74) is 9.15. The van der Waals surface area contributed by atoms with E-state index in [9.17, 15) is 4.79 Å². The standard InChI is InChI=1S/C19H23ClN2O/c1-12(2)10-14-4-6-15(7-5-14)13(3)19(23)22-16-8-9-17(20)18(21)11-16/h4-9,11-13H,10,21H2,1-3H3,(H,22,23). The second kappa shape index (κ2) is 7.51. The van der Waals surface area contributed by atoms with Crippen LogP contribution in [0.1, 0.15) is 37.8 Å². The molecule has 2 rings (SSSR count). The SMILES string of the molecule is CC(C)Cc1ccc(C(C)C(=O)Nc2ccc(Cl)c(N)c2)cc1. The largest absolute Gasteiger partial charge is 0.397 e. The molecule has 122 valence electrons. The van der Waals surface area contributed by atoms with Gasteiger partial charge in [0.05, 0.1) is 16.6 Å². The highest BCUT2D eigenvalue weighted by Gasteiger charge is 2.15. The summed E-state index contributed by atoms with van der Waals surface area (Å²) < 4.78 is 0. The minimum Gasteiger partial charge on any atom is -0.397 e. The first-order valence-corrected chi connectivity index (χ1v) is 8.19. The third-order valence-corrected chi connectivity index (χ3v) is 4.12. The number of nitrogen functional groups attached to an aromatic ring is 1. The average molecular weight is 331 g/mol. The van der Waals surface area contributed by atoms with E-state index in [-0.39, 0.29) is 11.8 Å². The summed E-state index contributed by atoms with van der Waals surface area (Å²) in [6.45, 7) is 6.29. The smallest absolute Gasteiger partial charge is 0.231 e. The summed E-state index contributed by atoms with van der Waals surface area (Å²) in [7, 11) is 0. The number of benzene rings is 2. The highest BCUT2D eigenvalue weighted by molar-refractivity contribution is 6.33. The van der Waals surface area contributed by atoms with Crippen molar-refractivity contribution in [1.82, 2.24) is 0 Å².